The Bertz CT molecular complexity index is 1600. The minimum absolute atomic E-state index is 0.0701. The first kappa shape index (κ1) is 24.7. The number of aryl methyl sites for hydroxylation is 1. The first-order valence-corrected chi connectivity index (χ1v) is 11.5. The fraction of sp³-hybridized carbons (Fsp3) is 0.174. The van der Waals surface area contributed by atoms with E-state index >= 15 is 0 Å². The number of benzene rings is 2. The van der Waals surface area contributed by atoms with Crippen LogP contribution in [0.15, 0.2) is 63.1 Å². The monoisotopic (exact) mass is 510 g/mol. The molecule has 2 aromatic carbocycles. The third kappa shape index (κ3) is 5.00. The van der Waals surface area contributed by atoms with E-state index in [0.29, 0.717) is 11.1 Å². The van der Waals surface area contributed by atoms with E-state index in [1.807, 2.05) is 0 Å². The Morgan fingerprint density at radius 2 is 1.72 bits per heavy atom. The summed E-state index contributed by atoms with van der Waals surface area (Å²) in [4.78, 5) is 57.1. The molecule has 2 aromatic heterocycles. The Kier molecular flexibility index (Phi) is 6.92. The number of nitrogens with zero attached hydrogens (tertiary/aromatic N) is 5. The molecule has 13 heteroatoms. The van der Waals surface area contributed by atoms with E-state index in [-0.39, 0.29) is 51.6 Å². The van der Waals surface area contributed by atoms with Crippen molar-refractivity contribution in [2.75, 3.05) is 5.75 Å². The summed E-state index contributed by atoms with van der Waals surface area (Å²) in [7, 11) is 2.79. The van der Waals surface area contributed by atoms with Crippen molar-refractivity contribution in [3.05, 3.63) is 90.9 Å². The van der Waals surface area contributed by atoms with Gasteiger partial charge < -0.3 is 5.32 Å². The van der Waals surface area contributed by atoms with Gasteiger partial charge in [-0.3, -0.25) is 28.8 Å². The number of hydrogen-bond donors (Lipinski definition) is 1. The minimum atomic E-state index is -0.613. The molecule has 0 unspecified atom stereocenters. The van der Waals surface area contributed by atoms with Crippen LogP contribution in [0.3, 0.4) is 0 Å². The van der Waals surface area contributed by atoms with Crippen LogP contribution in [0.4, 0.5) is 10.1 Å². The summed E-state index contributed by atoms with van der Waals surface area (Å²) in [6.45, 7) is 0.189. The number of carbonyl (C=O) groups excluding carboxylic acids is 1. The molecule has 184 valence electrons. The number of aromatic nitrogens is 4. The molecule has 0 atom stereocenters. The first-order chi connectivity index (χ1) is 17.2. The van der Waals surface area contributed by atoms with Gasteiger partial charge in [-0.2, -0.15) is 0 Å². The van der Waals surface area contributed by atoms with Crippen LogP contribution in [-0.4, -0.2) is 35.7 Å². The summed E-state index contributed by atoms with van der Waals surface area (Å²) >= 11 is 0.990. The van der Waals surface area contributed by atoms with Crippen molar-refractivity contribution in [2.45, 2.75) is 11.6 Å². The summed E-state index contributed by atoms with van der Waals surface area (Å²) in [5.41, 5.74) is -0.106. The maximum absolute atomic E-state index is 13.1. The Balaban J connectivity index is 1.68. The van der Waals surface area contributed by atoms with Crippen LogP contribution in [0.25, 0.3) is 22.4 Å². The maximum Gasteiger partial charge on any atom is 0.332 e. The van der Waals surface area contributed by atoms with Crippen LogP contribution in [0.1, 0.15) is 5.56 Å². The molecule has 36 heavy (non-hydrogen) atoms. The lowest BCUT2D eigenvalue weighted by Crippen LogP contribution is -2.37. The molecule has 0 aliphatic heterocycles. The molecule has 0 aliphatic carbocycles. The van der Waals surface area contributed by atoms with Crippen LogP contribution in [0.2, 0.25) is 0 Å². The molecule has 0 bridgehead atoms. The highest BCUT2D eigenvalue weighted by molar-refractivity contribution is 8.00. The average molecular weight is 511 g/mol. The van der Waals surface area contributed by atoms with Crippen molar-refractivity contribution >= 4 is 34.4 Å². The van der Waals surface area contributed by atoms with Crippen LogP contribution >= 0.6 is 11.8 Å². The van der Waals surface area contributed by atoms with E-state index < -0.39 is 16.2 Å². The van der Waals surface area contributed by atoms with Gasteiger partial charge in [-0.15, -0.1) is 0 Å². The van der Waals surface area contributed by atoms with E-state index in [4.69, 9.17) is 0 Å². The molecule has 11 nitrogen and oxygen atoms in total. The van der Waals surface area contributed by atoms with Crippen LogP contribution in [0, 0.1) is 15.9 Å². The summed E-state index contributed by atoms with van der Waals surface area (Å²) in [6.07, 6.45) is 0. The standard InChI is InChI=1S/C23H19FN6O5S/c1-28-20-18(22(32)29(2)23(28)33)21(27-19(26-20)14-5-9-16(10-6-14)30(34)35)36-12-17(31)25-11-13-3-7-15(24)8-4-13/h3-10H,11-12H2,1-2H3,(H,25,31). The third-order valence-corrected chi connectivity index (χ3v) is 6.32. The fourth-order valence-corrected chi connectivity index (χ4v) is 4.23. The fourth-order valence-electron chi connectivity index (χ4n) is 3.38. The number of nitro groups is 1. The van der Waals surface area contributed by atoms with Crippen molar-refractivity contribution < 1.29 is 14.1 Å². The lowest BCUT2D eigenvalue weighted by molar-refractivity contribution is -0.384. The molecule has 0 saturated heterocycles. The highest BCUT2D eigenvalue weighted by Crippen LogP contribution is 2.27. The smallest absolute Gasteiger partial charge is 0.332 e. The largest absolute Gasteiger partial charge is 0.351 e. The van der Waals surface area contributed by atoms with Gasteiger partial charge in [0.25, 0.3) is 11.2 Å². The van der Waals surface area contributed by atoms with Gasteiger partial charge in [0.1, 0.15) is 16.2 Å². The topological polar surface area (TPSA) is 142 Å². The van der Waals surface area contributed by atoms with E-state index in [1.54, 1.807) is 12.1 Å². The van der Waals surface area contributed by atoms with Crippen molar-refractivity contribution in [1.29, 1.82) is 0 Å². The summed E-state index contributed by atoms with van der Waals surface area (Å²) in [5, 5.41) is 13.9. The van der Waals surface area contributed by atoms with Gasteiger partial charge in [0, 0.05) is 38.3 Å². The lowest BCUT2D eigenvalue weighted by atomic mass is 10.2. The molecule has 2 heterocycles. The number of fused-ring (bicyclic) bond motifs is 1. The number of nitrogens with one attached hydrogen (secondary N) is 1. The van der Waals surface area contributed by atoms with Crippen molar-refractivity contribution in [3.63, 3.8) is 0 Å². The Hall–Kier alpha value is -4.39. The van der Waals surface area contributed by atoms with E-state index in [2.05, 4.69) is 15.3 Å². The molecular formula is C23H19FN6O5S. The number of nitro benzene ring substituents is 1. The van der Waals surface area contributed by atoms with Gasteiger partial charge in [-0.25, -0.2) is 19.2 Å². The van der Waals surface area contributed by atoms with E-state index in [1.165, 1.54) is 55.1 Å². The Labute approximate surface area is 206 Å². The number of non-ortho nitro benzene ring substituents is 1. The highest BCUT2D eigenvalue weighted by atomic mass is 32.2. The summed E-state index contributed by atoms with van der Waals surface area (Å²) in [5.74, 6) is -0.695. The van der Waals surface area contributed by atoms with Gasteiger partial charge in [-0.1, -0.05) is 23.9 Å². The summed E-state index contributed by atoms with van der Waals surface area (Å²) in [6, 6.07) is 11.2. The molecule has 0 spiro atoms. The Morgan fingerprint density at radius 3 is 2.36 bits per heavy atom. The van der Waals surface area contributed by atoms with Crippen molar-refractivity contribution in [1.82, 2.24) is 24.4 Å². The maximum atomic E-state index is 13.1. The van der Waals surface area contributed by atoms with Gasteiger partial charge in [0.05, 0.1) is 10.7 Å². The zero-order chi connectivity index (χ0) is 26.0. The number of carbonyl (C=O) groups is 1. The zero-order valence-corrected chi connectivity index (χ0v) is 19.9. The molecule has 0 fully saturated rings. The second kappa shape index (κ2) is 10.1. The molecule has 0 radical (unpaired) electrons. The zero-order valence-electron chi connectivity index (χ0n) is 19.1. The van der Waals surface area contributed by atoms with Crippen LogP contribution in [-0.2, 0) is 25.4 Å². The molecule has 1 amide bonds. The second-order valence-electron chi connectivity index (χ2n) is 7.75. The van der Waals surface area contributed by atoms with Gasteiger partial charge >= 0.3 is 5.69 Å². The number of amides is 1. The molecule has 0 saturated carbocycles. The van der Waals surface area contributed by atoms with Crippen LogP contribution in [0.5, 0.6) is 0 Å². The first-order valence-electron chi connectivity index (χ1n) is 10.5. The van der Waals surface area contributed by atoms with Crippen LogP contribution < -0.4 is 16.6 Å². The SMILES string of the molecule is Cn1c(=O)c2c(SCC(=O)NCc3ccc(F)cc3)nc(-c3ccc([N+](=O)[O-])cc3)nc2n(C)c1=O. The minimum Gasteiger partial charge on any atom is -0.351 e. The van der Waals surface area contributed by atoms with E-state index in [9.17, 15) is 28.9 Å². The second-order valence-corrected chi connectivity index (χ2v) is 8.72. The van der Waals surface area contributed by atoms with Crippen molar-refractivity contribution in [3.8, 4) is 11.4 Å². The molecular weight excluding hydrogens is 491 g/mol. The molecule has 1 N–H and O–H groups in total. The highest BCUT2D eigenvalue weighted by Gasteiger charge is 2.19. The normalized spacial score (nSPS) is 11.0. The number of rotatable bonds is 7. The van der Waals surface area contributed by atoms with Crippen molar-refractivity contribution in [2.24, 2.45) is 14.1 Å². The molecule has 4 rings (SSSR count). The quantitative estimate of drug-likeness (QED) is 0.173. The van der Waals surface area contributed by atoms with Gasteiger partial charge in [-0.05, 0) is 29.8 Å². The number of hydrogen-bond acceptors (Lipinski definition) is 8. The Morgan fingerprint density at radius 1 is 1.06 bits per heavy atom. The number of thioether (sulfide) groups is 1. The molecule has 0 aliphatic rings. The lowest BCUT2D eigenvalue weighted by Gasteiger charge is -2.12. The number of halogens is 1. The molecule has 4 aromatic rings. The predicted molar refractivity (Wildman–Crippen MR) is 131 cm³/mol. The van der Waals surface area contributed by atoms with Gasteiger partial charge in [0.15, 0.2) is 11.5 Å². The third-order valence-electron chi connectivity index (χ3n) is 5.35. The average Bonchev–Trinajstić information content (AvgIpc) is 2.88. The van der Waals surface area contributed by atoms with Gasteiger partial charge in [0.2, 0.25) is 5.91 Å². The van der Waals surface area contributed by atoms with E-state index in [0.717, 1.165) is 16.3 Å². The summed E-state index contributed by atoms with van der Waals surface area (Å²) < 4.78 is 15.2. The predicted octanol–water partition coefficient (Wildman–Crippen LogP) is 2.15.